The lowest BCUT2D eigenvalue weighted by Crippen LogP contribution is -2.43. The molecule has 0 saturated carbocycles. The van der Waals surface area contributed by atoms with E-state index in [0.717, 1.165) is 13.0 Å². The molecular formula is C27H48NO2+. The molecule has 0 bridgehead atoms. The maximum atomic E-state index is 12.1. The lowest BCUT2D eigenvalue weighted by atomic mass is 10.0. The van der Waals surface area contributed by atoms with Crippen molar-refractivity contribution < 1.29 is 14.0 Å². The van der Waals surface area contributed by atoms with Gasteiger partial charge in [0.1, 0.15) is 6.54 Å². The Morgan fingerprint density at radius 2 is 1.20 bits per heavy atom. The van der Waals surface area contributed by atoms with Gasteiger partial charge >= 0.3 is 5.97 Å². The predicted molar refractivity (Wildman–Crippen MR) is 128 cm³/mol. The van der Waals surface area contributed by atoms with E-state index in [4.69, 9.17) is 4.74 Å². The molecule has 0 atom stereocenters. The molecule has 0 amide bonds. The Morgan fingerprint density at radius 1 is 0.733 bits per heavy atom. The molecule has 0 heterocycles. The molecule has 1 aromatic carbocycles. The summed E-state index contributed by atoms with van der Waals surface area (Å²) in [4.78, 5) is 12.1. The fraction of sp³-hybridized carbons (Fsp3) is 0.741. The third kappa shape index (κ3) is 15.5. The van der Waals surface area contributed by atoms with E-state index < -0.39 is 0 Å². The molecule has 1 rings (SSSR count). The maximum Gasteiger partial charge on any atom is 0.361 e. The van der Waals surface area contributed by atoms with Gasteiger partial charge in [-0.1, -0.05) is 121 Å². The first-order chi connectivity index (χ1) is 14.5. The smallest absolute Gasteiger partial charge is 0.361 e. The topological polar surface area (TPSA) is 26.3 Å². The van der Waals surface area contributed by atoms with Crippen molar-refractivity contribution in [2.75, 3.05) is 27.2 Å². The second-order valence-corrected chi connectivity index (χ2v) is 9.55. The summed E-state index contributed by atoms with van der Waals surface area (Å²) >= 11 is 0. The molecule has 0 spiro atoms. The van der Waals surface area contributed by atoms with E-state index in [-0.39, 0.29) is 5.97 Å². The molecule has 172 valence electrons. The molecule has 0 aliphatic carbocycles. The van der Waals surface area contributed by atoms with Crippen molar-refractivity contribution in [2.45, 2.75) is 103 Å². The van der Waals surface area contributed by atoms with Crippen molar-refractivity contribution in [1.29, 1.82) is 0 Å². The Bertz CT molecular complexity index is 527. The normalized spacial score (nSPS) is 11.6. The quantitative estimate of drug-likeness (QED) is 0.134. The second-order valence-electron chi connectivity index (χ2n) is 9.55. The molecule has 0 unspecified atom stereocenters. The van der Waals surface area contributed by atoms with Gasteiger partial charge in [-0.25, -0.2) is 4.79 Å². The van der Waals surface area contributed by atoms with Crippen molar-refractivity contribution in [2.24, 2.45) is 0 Å². The van der Waals surface area contributed by atoms with Gasteiger partial charge in [-0.2, -0.15) is 0 Å². The highest BCUT2D eigenvalue weighted by Gasteiger charge is 2.21. The summed E-state index contributed by atoms with van der Waals surface area (Å²) in [6, 6.07) is 10.3. The zero-order chi connectivity index (χ0) is 21.9. The van der Waals surface area contributed by atoms with Crippen LogP contribution in [0.15, 0.2) is 30.3 Å². The van der Waals surface area contributed by atoms with Gasteiger partial charge in [0.05, 0.1) is 20.7 Å². The van der Waals surface area contributed by atoms with Gasteiger partial charge in [-0.3, -0.25) is 0 Å². The van der Waals surface area contributed by atoms with Crippen LogP contribution in [0.3, 0.4) is 0 Å². The first kappa shape index (κ1) is 26.7. The van der Waals surface area contributed by atoms with Gasteiger partial charge in [-0.15, -0.1) is 0 Å². The van der Waals surface area contributed by atoms with Crippen molar-refractivity contribution >= 4 is 5.97 Å². The van der Waals surface area contributed by atoms with Crippen molar-refractivity contribution in [1.82, 2.24) is 0 Å². The fourth-order valence-electron chi connectivity index (χ4n) is 4.01. The molecule has 0 N–H and O–H groups in total. The van der Waals surface area contributed by atoms with Gasteiger partial charge < -0.3 is 9.22 Å². The van der Waals surface area contributed by atoms with Crippen LogP contribution < -0.4 is 0 Å². The van der Waals surface area contributed by atoms with Gasteiger partial charge in [-0.05, 0) is 6.42 Å². The summed E-state index contributed by atoms with van der Waals surface area (Å²) in [5.41, 5.74) is 1.25. The molecule has 0 fully saturated rings. The third-order valence-electron chi connectivity index (χ3n) is 5.77. The Kier molecular flexibility index (Phi) is 15.4. The lowest BCUT2D eigenvalue weighted by Gasteiger charge is -2.28. The van der Waals surface area contributed by atoms with E-state index in [0.29, 0.717) is 17.6 Å². The van der Waals surface area contributed by atoms with Crippen LogP contribution in [-0.4, -0.2) is 37.7 Å². The molecular weight excluding hydrogens is 370 g/mol. The number of hydrogen-bond donors (Lipinski definition) is 0. The van der Waals surface area contributed by atoms with Gasteiger partial charge in [0.15, 0.2) is 6.54 Å². The van der Waals surface area contributed by atoms with Crippen LogP contribution in [0.4, 0.5) is 0 Å². The fourth-order valence-corrected chi connectivity index (χ4v) is 4.01. The summed E-state index contributed by atoms with van der Waals surface area (Å²) < 4.78 is 6.09. The third-order valence-corrected chi connectivity index (χ3v) is 5.77. The second kappa shape index (κ2) is 17.3. The van der Waals surface area contributed by atoms with Gasteiger partial charge in [0.2, 0.25) is 0 Å². The van der Waals surface area contributed by atoms with Gasteiger partial charge in [0.25, 0.3) is 0 Å². The summed E-state index contributed by atoms with van der Waals surface area (Å²) in [7, 11) is 4.17. The van der Waals surface area contributed by atoms with E-state index >= 15 is 0 Å². The average molecular weight is 419 g/mol. The van der Waals surface area contributed by atoms with Crippen molar-refractivity contribution in [3.8, 4) is 0 Å². The molecule has 30 heavy (non-hydrogen) atoms. The highest BCUT2D eigenvalue weighted by atomic mass is 16.5. The van der Waals surface area contributed by atoms with Crippen molar-refractivity contribution in [3.05, 3.63) is 35.9 Å². The number of likely N-dealkylation sites (N-methyl/N-ethyl adjacent to an activating group) is 1. The molecule has 0 aliphatic rings. The minimum atomic E-state index is -0.0781. The number of nitrogens with zero attached hydrogens (tertiary/aromatic N) is 1. The monoisotopic (exact) mass is 418 g/mol. The molecule has 0 saturated heterocycles. The lowest BCUT2D eigenvalue weighted by molar-refractivity contribution is -0.896. The van der Waals surface area contributed by atoms with Crippen LogP contribution in [0.25, 0.3) is 0 Å². The first-order valence-corrected chi connectivity index (χ1v) is 12.5. The minimum Gasteiger partial charge on any atom is -0.462 e. The number of carbonyl (C=O) groups excluding carboxylic acids is 1. The number of quaternary nitrogens is 1. The number of benzene rings is 1. The largest absolute Gasteiger partial charge is 0.462 e. The molecule has 0 radical (unpaired) electrons. The van der Waals surface area contributed by atoms with Crippen molar-refractivity contribution in [3.63, 3.8) is 0 Å². The molecule has 3 heteroatoms. The van der Waals surface area contributed by atoms with E-state index in [1.165, 1.54) is 89.0 Å². The highest BCUT2D eigenvalue weighted by molar-refractivity contribution is 5.70. The SMILES string of the molecule is CCCCCCCCCCCCCCCCOC(=O)C[N+](C)(C)Cc1ccccc1. The Hall–Kier alpha value is -1.35. The summed E-state index contributed by atoms with van der Waals surface area (Å²) in [5.74, 6) is -0.0781. The number of unbranched alkanes of at least 4 members (excludes halogenated alkanes) is 13. The van der Waals surface area contributed by atoms with E-state index in [1.54, 1.807) is 0 Å². The maximum absolute atomic E-state index is 12.1. The van der Waals surface area contributed by atoms with Crippen LogP contribution >= 0.6 is 0 Å². The zero-order valence-electron chi connectivity index (χ0n) is 20.2. The summed E-state index contributed by atoms with van der Waals surface area (Å²) in [6.07, 6.45) is 18.8. The average Bonchev–Trinajstić information content (AvgIpc) is 2.71. The number of hydrogen-bond acceptors (Lipinski definition) is 2. The predicted octanol–water partition coefficient (Wildman–Crippen LogP) is 7.29. The Balaban J connectivity index is 1.90. The number of ether oxygens (including phenoxy) is 1. The zero-order valence-corrected chi connectivity index (χ0v) is 20.2. The summed E-state index contributed by atoms with van der Waals surface area (Å²) in [5, 5.41) is 0. The number of rotatable bonds is 19. The van der Waals surface area contributed by atoms with E-state index in [2.05, 4.69) is 33.2 Å². The standard InChI is InChI=1S/C27H48NO2/c1-4-5-6-7-8-9-10-11-12-13-14-15-16-20-23-30-27(29)25-28(2,3)24-26-21-18-17-19-22-26/h17-19,21-22H,4-16,20,23-25H2,1-3H3/q+1. The summed E-state index contributed by atoms with van der Waals surface area (Å²) in [6.45, 7) is 4.12. The molecule has 0 aliphatic heterocycles. The Morgan fingerprint density at radius 3 is 1.70 bits per heavy atom. The molecule has 3 nitrogen and oxygen atoms in total. The minimum absolute atomic E-state index is 0.0781. The molecule has 0 aromatic heterocycles. The van der Waals surface area contributed by atoms with Crippen LogP contribution in [0.2, 0.25) is 0 Å². The Labute approximate surface area is 186 Å². The number of esters is 1. The van der Waals surface area contributed by atoms with Crippen LogP contribution in [0, 0.1) is 0 Å². The van der Waals surface area contributed by atoms with Crippen LogP contribution in [-0.2, 0) is 16.1 Å². The van der Waals surface area contributed by atoms with Gasteiger partial charge in [0, 0.05) is 5.56 Å². The van der Waals surface area contributed by atoms with E-state index in [9.17, 15) is 4.79 Å². The first-order valence-electron chi connectivity index (χ1n) is 12.5. The van der Waals surface area contributed by atoms with Crippen LogP contribution in [0.5, 0.6) is 0 Å². The highest BCUT2D eigenvalue weighted by Crippen LogP contribution is 2.13. The van der Waals surface area contributed by atoms with Crippen LogP contribution in [0.1, 0.15) is 102 Å². The number of carbonyl (C=O) groups is 1. The van der Waals surface area contributed by atoms with E-state index in [1.807, 2.05) is 18.2 Å². The molecule has 1 aromatic rings.